The maximum Gasteiger partial charge on any atom is 0.0642 e. The predicted octanol–water partition coefficient (Wildman–Crippen LogP) is 2.43. The summed E-state index contributed by atoms with van der Waals surface area (Å²) < 4.78 is 0.998. The van der Waals surface area contributed by atoms with Gasteiger partial charge in [0.05, 0.1) is 11.2 Å². The van der Waals surface area contributed by atoms with Gasteiger partial charge in [-0.25, -0.2) is 0 Å². The zero-order chi connectivity index (χ0) is 9.69. The minimum atomic E-state index is -0.201. The van der Waals surface area contributed by atoms with Crippen LogP contribution >= 0.6 is 15.9 Å². The van der Waals surface area contributed by atoms with Crippen molar-refractivity contribution in [1.29, 1.82) is 0 Å². The van der Waals surface area contributed by atoms with Crippen LogP contribution in [-0.2, 0) is 5.54 Å². The lowest BCUT2D eigenvalue weighted by Gasteiger charge is -2.13. The second kappa shape index (κ2) is 2.55. The molecule has 0 saturated heterocycles. The number of hydrogen-bond acceptors (Lipinski definition) is 2. The molecule has 2 N–H and O–H groups in total. The molecular formula is C10H13BrN2. The third kappa shape index (κ3) is 1.30. The van der Waals surface area contributed by atoms with Crippen LogP contribution in [0, 0.1) is 5.41 Å². The van der Waals surface area contributed by atoms with Crippen LogP contribution in [0.5, 0.6) is 0 Å². The molecule has 0 bridgehead atoms. The van der Waals surface area contributed by atoms with Crippen LogP contribution in [0.3, 0.4) is 0 Å². The van der Waals surface area contributed by atoms with E-state index in [2.05, 4.69) is 34.8 Å². The van der Waals surface area contributed by atoms with Crippen molar-refractivity contribution in [2.24, 2.45) is 11.1 Å². The molecule has 1 fully saturated rings. The van der Waals surface area contributed by atoms with Crippen LogP contribution < -0.4 is 5.73 Å². The van der Waals surface area contributed by atoms with Crippen molar-refractivity contribution in [2.75, 3.05) is 0 Å². The van der Waals surface area contributed by atoms with Crippen molar-refractivity contribution < 1.29 is 0 Å². The largest absolute Gasteiger partial charge is 0.320 e. The Morgan fingerprint density at radius 2 is 2.08 bits per heavy atom. The van der Waals surface area contributed by atoms with E-state index in [0.29, 0.717) is 0 Å². The number of nitrogens with two attached hydrogens (primary N) is 1. The van der Waals surface area contributed by atoms with Crippen LogP contribution in [0.2, 0.25) is 0 Å². The molecule has 0 amide bonds. The average molecular weight is 241 g/mol. The van der Waals surface area contributed by atoms with Crippen molar-refractivity contribution in [2.45, 2.75) is 25.8 Å². The highest BCUT2D eigenvalue weighted by atomic mass is 79.9. The first-order valence-corrected chi connectivity index (χ1v) is 5.16. The second-order valence-corrected chi connectivity index (χ2v) is 5.31. The molecule has 1 aromatic heterocycles. The smallest absolute Gasteiger partial charge is 0.0642 e. The van der Waals surface area contributed by atoms with Crippen molar-refractivity contribution in [3.63, 3.8) is 0 Å². The molecular weight excluding hydrogens is 228 g/mol. The molecule has 0 radical (unpaired) electrons. The van der Waals surface area contributed by atoms with E-state index in [-0.39, 0.29) is 11.0 Å². The molecule has 1 aliphatic rings. The molecule has 2 nitrogen and oxygen atoms in total. The first-order chi connectivity index (χ1) is 5.96. The molecule has 0 spiro atoms. The van der Waals surface area contributed by atoms with E-state index in [9.17, 15) is 0 Å². The fraction of sp³-hybridized carbons (Fsp3) is 0.500. The molecule has 1 heterocycles. The number of rotatable bonds is 1. The highest BCUT2D eigenvalue weighted by molar-refractivity contribution is 9.10. The van der Waals surface area contributed by atoms with Crippen LogP contribution in [0.25, 0.3) is 0 Å². The van der Waals surface area contributed by atoms with Gasteiger partial charge in [-0.2, -0.15) is 0 Å². The summed E-state index contributed by atoms with van der Waals surface area (Å²) in [5.74, 6) is 0. The third-order valence-electron chi connectivity index (χ3n) is 2.99. The Hall–Kier alpha value is -0.410. The lowest BCUT2D eigenvalue weighted by molar-refractivity contribution is 0.500. The summed E-state index contributed by atoms with van der Waals surface area (Å²) in [5.41, 5.74) is 7.22. The van der Waals surface area contributed by atoms with E-state index < -0.39 is 0 Å². The maximum atomic E-state index is 6.22. The molecule has 70 valence electrons. The highest BCUT2D eigenvalue weighted by Gasteiger charge is 2.60. The fourth-order valence-corrected chi connectivity index (χ4v) is 1.96. The average Bonchev–Trinajstić information content (AvgIpc) is 2.53. The molecule has 1 aromatic rings. The van der Waals surface area contributed by atoms with Gasteiger partial charge < -0.3 is 5.73 Å². The lowest BCUT2D eigenvalue weighted by Crippen LogP contribution is -2.26. The molecule has 2 rings (SSSR count). The monoisotopic (exact) mass is 240 g/mol. The number of halogens is 1. The van der Waals surface area contributed by atoms with Gasteiger partial charge in [0.1, 0.15) is 0 Å². The first-order valence-electron chi connectivity index (χ1n) is 4.37. The normalized spacial score (nSPS) is 30.2. The molecule has 1 saturated carbocycles. The van der Waals surface area contributed by atoms with Gasteiger partial charge in [0.15, 0.2) is 0 Å². The molecule has 0 aromatic carbocycles. The van der Waals surface area contributed by atoms with E-state index in [1.807, 2.05) is 12.1 Å². The first kappa shape index (κ1) is 9.16. The van der Waals surface area contributed by atoms with Crippen molar-refractivity contribution in [1.82, 2.24) is 4.98 Å². The van der Waals surface area contributed by atoms with Gasteiger partial charge in [-0.1, -0.05) is 13.8 Å². The van der Waals surface area contributed by atoms with Gasteiger partial charge in [0, 0.05) is 10.7 Å². The minimum Gasteiger partial charge on any atom is -0.320 e. The van der Waals surface area contributed by atoms with Gasteiger partial charge >= 0.3 is 0 Å². The molecule has 3 heteroatoms. The molecule has 13 heavy (non-hydrogen) atoms. The molecule has 1 unspecified atom stereocenters. The van der Waals surface area contributed by atoms with Crippen LogP contribution in [0.4, 0.5) is 0 Å². The van der Waals surface area contributed by atoms with Crippen molar-refractivity contribution in [3.8, 4) is 0 Å². The Labute approximate surface area is 86.7 Å². The number of hydrogen-bond donors (Lipinski definition) is 1. The third-order valence-corrected chi connectivity index (χ3v) is 3.46. The summed E-state index contributed by atoms with van der Waals surface area (Å²) in [4.78, 5) is 4.34. The second-order valence-electron chi connectivity index (χ2n) is 4.39. The zero-order valence-corrected chi connectivity index (χ0v) is 9.43. The highest BCUT2D eigenvalue weighted by Crippen LogP contribution is 2.59. The van der Waals surface area contributed by atoms with Gasteiger partial charge in [-0.05, 0) is 39.9 Å². The van der Waals surface area contributed by atoms with Crippen LogP contribution in [-0.4, -0.2) is 4.98 Å². The minimum absolute atomic E-state index is 0.201. The summed E-state index contributed by atoms with van der Waals surface area (Å²) in [7, 11) is 0. The predicted molar refractivity (Wildman–Crippen MR) is 56.2 cm³/mol. The Balaban J connectivity index is 2.34. The van der Waals surface area contributed by atoms with E-state index >= 15 is 0 Å². The molecule has 0 aliphatic heterocycles. The Morgan fingerprint density at radius 3 is 2.46 bits per heavy atom. The van der Waals surface area contributed by atoms with Gasteiger partial charge in [-0.3, -0.25) is 4.98 Å². The van der Waals surface area contributed by atoms with Crippen molar-refractivity contribution in [3.05, 3.63) is 28.5 Å². The van der Waals surface area contributed by atoms with E-state index in [4.69, 9.17) is 5.73 Å². The van der Waals surface area contributed by atoms with Gasteiger partial charge in [0.2, 0.25) is 0 Å². The van der Waals surface area contributed by atoms with E-state index in [1.165, 1.54) is 0 Å². The maximum absolute atomic E-state index is 6.22. The van der Waals surface area contributed by atoms with Crippen LogP contribution in [0.1, 0.15) is 26.0 Å². The summed E-state index contributed by atoms with van der Waals surface area (Å²) in [6, 6.07) is 3.99. The number of aromatic nitrogens is 1. The number of nitrogens with zero attached hydrogens (tertiary/aromatic N) is 1. The number of pyridine rings is 1. The Bertz CT molecular complexity index is 331. The quantitative estimate of drug-likeness (QED) is 0.820. The molecule has 1 atom stereocenters. The van der Waals surface area contributed by atoms with Gasteiger partial charge in [0.25, 0.3) is 0 Å². The lowest BCUT2D eigenvalue weighted by atomic mass is 10.0. The standard InChI is InChI=1S/C10H13BrN2/c1-9(2)6-10(9,12)8-4-3-7(11)5-13-8/h3-5H,6,12H2,1-2H3. The van der Waals surface area contributed by atoms with Crippen molar-refractivity contribution >= 4 is 15.9 Å². The van der Waals surface area contributed by atoms with E-state index in [1.54, 1.807) is 6.20 Å². The Morgan fingerprint density at radius 1 is 1.46 bits per heavy atom. The van der Waals surface area contributed by atoms with Gasteiger partial charge in [-0.15, -0.1) is 0 Å². The fourth-order valence-electron chi connectivity index (χ4n) is 1.73. The molecule has 1 aliphatic carbocycles. The summed E-state index contributed by atoms with van der Waals surface area (Å²) in [6.45, 7) is 4.35. The summed E-state index contributed by atoms with van der Waals surface area (Å²) in [5, 5.41) is 0. The topological polar surface area (TPSA) is 38.9 Å². The Kier molecular flexibility index (Phi) is 1.79. The summed E-state index contributed by atoms with van der Waals surface area (Å²) in [6.07, 6.45) is 2.83. The van der Waals surface area contributed by atoms with Crippen LogP contribution in [0.15, 0.2) is 22.8 Å². The zero-order valence-electron chi connectivity index (χ0n) is 7.84. The SMILES string of the molecule is CC1(C)CC1(N)c1ccc(Br)cn1. The van der Waals surface area contributed by atoms with E-state index in [0.717, 1.165) is 16.6 Å². The summed E-state index contributed by atoms with van der Waals surface area (Å²) >= 11 is 3.36.